The molecule has 0 atom stereocenters. The first-order valence-corrected chi connectivity index (χ1v) is 7.28. The second-order valence-corrected chi connectivity index (χ2v) is 4.95. The van der Waals surface area contributed by atoms with E-state index in [-0.39, 0.29) is 0 Å². The van der Waals surface area contributed by atoms with Crippen molar-refractivity contribution in [3.8, 4) is 5.88 Å². The van der Waals surface area contributed by atoms with Crippen LogP contribution in [0.15, 0.2) is 47.5 Å². The van der Waals surface area contributed by atoms with Gasteiger partial charge in [0.15, 0.2) is 5.96 Å². The Hall–Kier alpha value is -2.27. The smallest absolute Gasteiger partial charge is 0.213 e. The normalized spacial score (nSPS) is 11.1. The summed E-state index contributed by atoms with van der Waals surface area (Å²) >= 11 is 6.13. The summed E-state index contributed by atoms with van der Waals surface area (Å²) in [6, 6.07) is 13.4. The van der Waals surface area contributed by atoms with E-state index in [2.05, 4.69) is 20.6 Å². The molecule has 0 aliphatic carbocycles. The van der Waals surface area contributed by atoms with E-state index < -0.39 is 0 Å². The molecule has 2 aromatic rings. The molecule has 22 heavy (non-hydrogen) atoms. The van der Waals surface area contributed by atoms with Crippen molar-refractivity contribution in [3.63, 3.8) is 0 Å². The zero-order valence-corrected chi connectivity index (χ0v) is 13.4. The van der Waals surface area contributed by atoms with Gasteiger partial charge in [-0.1, -0.05) is 35.9 Å². The molecule has 0 saturated heterocycles. The van der Waals surface area contributed by atoms with Crippen LogP contribution in [0.25, 0.3) is 0 Å². The summed E-state index contributed by atoms with van der Waals surface area (Å²) in [6.45, 7) is 1.16. The number of nitrogens with one attached hydrogen (secondary N) is 2. The van der Waals surface area contributed by atoms with Crippen molar-refractivity contribution in [2.24, 2.45) is 4.99 Å². The summed E-state index contributed by atoms with van der Waals surface area (Å²) in [7, 11) is 3.32. The number of hydrogen-bond donors (Lipinski definition) is 2. The van der Waals surface area contributed by atoms with Crippen LogP contribution < -0.4 is 15.4 Å². The summed E-state index contributed by atoms with van der Waals surface area (Å²) in [5.74, 6) is 1.28. The maximum absolute atomic E-state index is 6.13. The van der Waals surface area contributed by atoms with Gasteiger partial charge in [-0.2, -0.15) is 0 Å². The Labute approximate surface area is 135 Å². The van der Waals surface area contributed by atoms with Crippen LogP contribution in [0, 0.1) is 0 Å². The number of guanidine groups is 1. The first kappa shape index (κ1) is 16.1. The third-order valence-electron chi connectivity index (χ3n) is 3.06. The fourth-order valence-electron chi connectivity index (χ4n) is 1.89. The average Bonchev–Trinajstić information content (AvgIpc) is 2.56. The highest BCUT2D eigenvalue weighted by atomic mass is 35.5. The van der Waals surface area contributed by atoms with Crippen LogP contribution in [0.1, 0.15) is 11.3 Å². The van der Waals surface area contributed by atoms with E-state index in [1.54, 1.807) is 14.2 Å². The van der Waals surface area contributed by atoms with Gasteiger partial charge in [0.05, 0.1) is 19.3 Å². The molecule has 0 unspecified atom stereocenters. The highest BCUT2D eigenvalue weighted by Gasteiger charge is 2.03. The highest BCUT2D eigenvalue weighted by Crippen LogP contribution is 2.14. The molecule has 1 aromatic carbocycles. The van der Waals surface area contributed by atoms with Crippen molar-refractivity contribution in [1.29, 1.82) is 0 Å². The minimum absolute atomic E-state index is 0.555. The largest absolute Gasteiger partial charge is 0.481 e. The van der Waals surface area contributed by atoms with Crippen molar-refractivity contribution in [3.05, 3.63) is 58.7 Å². The Morgan fingerprint density at radius 1 is 1.14 bits per heavy atom. The Bertz CT molecular complexity index is 646. The number of hydrogen-bond acceptors (Lipinski definition) is 3. The van der Waals surface area contributed by atoms with E-state index in [0.717, 1.165) is 16.3 Å². The van der Waals surface area contributed by atoms with Crippen LogP contribution in [-0.2, 0) is 13.1 Å². The Morgan fingerprint density at radius 3 is 2.64 bits per heavy atom. The third-order valence-corrected chi connectivity index (χ3v) is 3.42. The molecule has 0 aliphatic heterocycles. The van der Waals surface area contributed by atoms with Crippen LogP contribution >= 0.6 is 11.6 Å². The maximum atomic E-state index is 6.13. The summed E-state index contributed by atoms with van der Waals surface area (Å²) < 4.78 is 5.11. The van der Waals surface area contributed by atoms with Gasteiger partial charge in [0, 0.05) is 24.7 Å². The molecule has 0 bridgehead atoms. The third kappa shape index (κ3) is 4.63. The molecule has 5 nitrogen and oxygen atoms in total. The van der Waals surface area contributed by atoms with Crippen LogP contribution in [0.3, 0.4) is 0 Å². The number of benzene rings is 1. The first-order valence-electron chi connectivity index (χ1n) is 6.90. The Balaban J connectivity index is 1.89. The van der Waals surface area contributed by atoms with E-state index >= 15 is 0 Å². The lowest BCUT2D eigenvalue weighted by molar-refractivity contribution is 0.396. The fraction of sp³-hybridized carbons (Fsp3) is 0.250. The number of nitrogens with zero attached hydrogens (tertiary/aromatic N) is 2. The van der Waals surface area contributed by atoms with Gasteiger partial charge in [-0.25, -0.2) is 4.98 Å². The molecule has 1 aromatic heterocycles. The minimum atomic E-state index is 0.555. The topological polar surface area (TPSA) is 58.5 Å². The van der Waals surface area contributed by atoms with Gasteiger partial charge in [0.1, 0.15) is 0 Å². The number of ether oxygens (including phenoxy) is 1. The molecule has 1 heterocycles. The van der Waals surface area contributed by atoms with Crippen LogP contribution in [-0.4, -0.2) is 25.1 Å². The van der Waals surface area contributed by atoms with Gasteiger partial charge >= 0.3 is 0 Å². The molecule has 0 aliphatic rings. The molecule has 0 amide bonds. The van der Waals surface area contributed by atoms with Gasteiger partial charge < -0.3 is 15.4 Å². The monoisotopic (exact) mass is 318 g/mol. The average molecular weight is 319 g/mol. The summed E-state index contributed by atoms with van der Waals surface area (Å²) in [4.78, 5) is 8.52. The summed E-state index contributed by atoms with van der Waals surface area (Å²) in [5.41, 5.74) is 1.90. The first-order chi connectivity index (χ1) is 10.7. The van der Waals surface area contributed by atoms with Gasteiger partial charge in [-0.05, 0) is 17.7 Å². The highest BCUT2D eigenvalue weighted by molar-refractivity contribution is 6.31. The lowest BCUT2D eigenvalue weighted by atomic mass is 10.2. The van der Waals surface area contributed by atoms with Crippen molar-refractivity contribution in [2.45, 2.75) is 13.1 Å². The summed E-state index contributed by atoms with van der Waals surface area (Å²) in [5, 5.41) is 7.16. The van der Waals surface area contributed by atoms with E-state index in [1.807, 2.05) is 42.5 Å². The minimum Gasteiger partial charge on any atom is -0.481 e. The van der Waals surface area contributed by atoms with Crippen molar-refractivity contribution < 1.29 is 4.74 Å². The molecule has 0 radical (unpaired) electrons. The number of aromatic nitrogens is 1. The van der Waals surface area contributed by atoms with E-state index in [1.165, 1.54) is 0 Å². The number of halogens is 1. The van der Waals surface area contributed by atoms with Crippen molar-refractivity contribution >= 4 is 17.6 Å². The van der Waals surface area contributed by atoms with Crippen LogP contribution in [0.4, 0.5) is 0 Å². The number of methoxy groups -OCH3 is 1. The molecule has 116 valence electrons. The second-order valence-electron chi connectivity index (χ2n) is 4.54. The Kier molecular flexibility index (Phi) is 6.03. The van der Waals surface area contributed by atoms with Crippen LogP contribution in [0.5, 0.6) is 5.88 Å². The van der Waals surface area contributed by atoms with Crippen molar-refractivity contribution in [1.82, 2.24) is 15.6 Å². The molecule has 0 saturated carbocycles. The number of rotatable bonds is 5. The standard InChI is InChI=1S/C16H19ClN4O/c1-18-16(19-10-12-6-3-4-8-14(12)17)20-11-13-7-5-9-15(21-13)22-2/h3-9H,10-11H2,1-2H3,(H2,18,19,20). The molecule has 0 spiro atoms. The lowest BCUT2D eigenvalue weighted by Gasteiger charge is -2.12. The lowest BCUT2D eigenvalue weighted by Crippen LogP contribution is -2.36. The molecule has 0 fully saturated rings. The molecular weight excluding hydrogens is 300 g/mol. The van der Waals surface area contributed by atoms with Gasteiger partial charge in [0.2, 0.25) is 5.88 Å². The van der Waals surface area contributed by atoms with Crippen LogP contribution in [0.2, 0.25) is 5.02 Å². The predicted octanol–water partition coefficient (Wildman–Crippen LogP) is 2.61. The van der Waals surface area contributed by atoms with E-state index in [0.29, 0.717) is 24.9 Å². The molecular formula is C16H19ClN4O. The quantitative estimate of drug-likeness (QED) is 0.657. The maximum Gasteiger partial charge on any atom is 0.213 e. The van der Waals surface area contributed by atoms with Gasteiger partial charge in [-0.15, -0.1) is 0 Å². The SMILES string of the molecule is CN=C(NCc1cccc(OC)n1)NCc1ccccc1Cl. The van der Waals surface area contributed by atoms with Gasteiger partial charge in [-0.3, -0.25) is 4.99 Å². The Morgan fingerprint density at radius 2 is 1.91 bits per heavy atom. The second kappa shape index (κ2) is 8.24. The summed E-state index contributed by atoms with van der Waals surface area (Å²) in [6.07, 6.45) is 0. The van der Waals surface area contributed by atoms with E-state index in [9.17, 15) is 0 Å². The molecule has 6 heteroatoms. The zero-order valence-electron chi connectivity index (χ0n) is 12.6. The molecule has 2 rings (SSSR count). The number of aliphatic imine (C=N–C) groups is 1. The van der Waals surface area contributed by atoms with Gasteiger partial charge in [0.25, 0.3) is 0 Å². The fourth-order valence-corrected chi connectivity index (χ4v) is 2.09. The number of pyridine rings is 1. The molecule has 2 N–H and O–H groups in total. The van der Waals surface area contributed by atoms with E-state index in [4.69, 9.17) is 16.3 Å². The predicted molar refractivity (Wildman–Crippen MR) is 89.3 cm³/mol. The van der Waals surface area contributed by atoms with Crippen molar-refractivity contribution in [2.75, 3.05) is 14.2 Å². The zero-order chi connectivity index (χ0) is 15.8.